The number of aromatic nitrogens is 6. The fraction of sp³-hybridized carbons (Fsp3) is 0.500. The first kappa shape index (κ1) is 22.4. The lowest BCUT2D eigenvalue weighted by Crippen LogP contribution is -2.42. The van der Waals surface area contributed by atoms with Crippen molar-refractivity contribution in [1.29, 1.82) is 0 Å². The van der Waals surface area contributed by atoms with Gasteiger partial charge in [-0.2, -0.15) is 9.61 Å². The standard InChI is InChI=1S/C24H32N8O2/c1-5-16-10-9-15(12-31(16)17-11-26-30(13-17)14-24(2,3)33)21-28-22-18-7-6-8-19(34-4)20(18)27-23(25)32(22)29-21/h6-8,11,13,15-16,33H,5,9-10,12,14H2,1-4H3,(H2,25,27)/t15-,16-/m0/s1. The van der Waals surface area contributed by atoms with Crippen molar-refractivity contribution in [2.75, 3.05) is 24.3 Å². The van der Waals surface area contributed by atoms with Gasteiger partial charge in [0.05, 0.1) is 31.1 Å². The first-order chi connectivity index (χ1) is 16.3. The quantitative estimate of drug-likeness (QED) is 0.447. The van der Waals surface area contributed by atoms with E-state index in [1.807, 2.05) is 30.6 Å². The Kier molecular flexibility index (Phi) is 5.55. The van der Waals surface area contributed by atoms with E-state index >= 15 is 0 Å². The molecule has 3 N–H and O–H groups in total. The molecule has 1 aliphatic rings. The number of fused-ring (bicyclic) bond motifs is 3. The molecule has 4 aromatic rings. The molecule has 0 radical (unpaired) electrons. The van der Waals surface area contributed by atoms with Gasteiger partial charge in [0.15, 0.2) is 11.5 Å². The molecule has 0 spiro atoms. The van der Waals surface area contributed by atoms with Crippen molar-refractivity contribution in [3.63, 3.8) is 0 Å². The molecule has 1 saturated heterocycles. The number of para-hydroxylation sites is 1. The van der Waals surface area contributed by atoms with E-state index in [0.29, 0.717) is 29.5 Å². The van der Waals surface area contributed by atoms with E-state index in [4.69, 9.17) is 20.6 Å². The Hall–Kier alpha value is -3.40. The second-order valence-electron chi connectivity index (χ2n) is 9.73. The van der Waals surface area contributed by atoms with Crippen LogP contribution in [0.5, 0.6) is 5.75 Å². The van der Waals surface area contributed by atoms with Gasteiger partial charge in [-0.15, -0.1) is 5.10 Å². The minimum Gasteiger partial charge on any atom is -0.494 e. The number of anilines is 2. The second kappa shape index (κ2) is 8.43. The number of rotatable bonds is 6. The highest BCUT2D eigenvalue weighted by atomic mass is 16.5. The molecule has 10 heteroatoms. The summed E-state index contributed by atoms with van der Waals surface area (Å²) in [7, 11) is 1.62. The smallest absolute Gasteiger partial charge is 0.223 e. The number of hydrogen-bond donors (Lipinski definition) is 2. The molecule has 1 fully saturated rings. The maximum Gasteiger partial charge on any atom is 0.223 e. The SMILES string of the molecule is CC[C@H]1CC[C@H](c2nc3c4cccc(OC)c4nc(N)n3n2)CN1c1cnn(CC(C)(C)O)c1. The summed E-state index contributed by atoms with van der Waals surface area (Å²) in [4.78, 5) is 11.9. The molecule has 0 saturated carbocycles. The van der Waals surface area contributed by atoms with Crippen molar-refractivity contribution in [2.24, 2.45) is 0 Å². The molecule has 0 unspecified atom stereocenters. The van der Waals surface area contributed by atoms with Crippen molar-refractivity contribution >= 4 is 28.2 Å². The van der Waals surface area contributed by atoms with Gasteiger partial charge in [0.1, 0.15) is 11.3 Å². The van der Waals surface area contributed by atoms with Gasteiger partial charge in [0, 0.05) is 30.1 Å². The summed E-state index contributed by atoms with van der Waals surface area (Å²) in [6.07, 6.45) is 6.98. The maximum atomic E-state index is 10.2. The average Bonchev–Trinajstić information content (AvgIpc) is 3.45. The van der Waals surface area contributed by atoms with Crippen molar-refractivity contribution in [2.45, 2.75) is 64.1 Å². The van der Waals surface area contributed by atoms with E-state index in [0.717, 1.165) is 42.7 Å². The molecule has 2 atom stereocenters. The summed E-state index contributed by atoms with van der Waals surface area (Å²) in [5.74, 6) is 1.87. The summed E-state index contributed by atoms with van der Waals surface area (Å²) in [6.45, 7) is 7.02. The van der Waals surface area contributed by atoms with Crippen molar-refractivity contribution in [3.8, 4) is 5.75 Å². The summed E-state index contributed by atoms with van der Waals surface area (Å²) in [5.41, 5.74) is 7.87. The molecular formula is C24H32N8O2. The van der Waals surface area contributed by atoms with Crippen molar-refractivity contribution in [1.82, 2.24) is 29.4 Å². The Morgan fingerprint density at radius 1 is 1.24 bits per heavy atom. The van der Waals surface area contributed by atoms with Crippen LogP contribution in [0.25, 0.3) is 16.6 Å². The number of hydrogen-bond acceptors (Lipinski definition) is 8. The van der Waals surface area contributed by atoms with Crippen LogP contribution < -0.4 is 15.4 Å². The van der Waals surface area contributed by atoms with Gasteiger partial charge in [-0.25, -0.2) is 9.97 Å². The fourth-order valence-corrected chi connectivity index (χ4v) is 4.94. The number of methoxy groups -OCH3 is 1. The van der Waals surface area contributed by atoms with Gasteiger partial charge in [-0.3, -0.25) is 4.68 Å². The van der Waals surface area contributed by atoms with Gasteiger partial charge in [0.25, 0.3) is 0 Å². The van der Waals surface area contributed by atoms with Gasteiger partial charge < -0.3 is 20.5 Å². The van der Waals surface area contributed by atoms with Crippen LogP contribution in [0.2, 0.25) is 0 Å². The zero-order valence-electron chi connectivity index (χ0n) is 20.1. The number of nitrogens with zero attached hydrogens (tertiary/aromatic N) is 7. The number of ether oxygens (including phenoxy) is 1. The normalized spacial score (nSPS) is 19.3. The fourth-order valence-electron chi connectivity index (χ4n) is 4.94. The Balaban J connectivity index is 1.49. The molecular weight excluding hydrogens is 432 g/mol. The summed E-state index contributed by atoms with van der Waals surface area (Å²) < 4.78 is 8.91. The van der Waals surface area contributed by atoms with E-state index in [9.17, 15) is 5.11 Å². The molecule has 1 aromatic carbocycles. The Labute approximate surface area is 198 Å². The third-order valence-corrected chi connectivity index (χ3v) is 6.57. The zero-order valence-corrected chi connectivity index (χ0v) is 20.1. The van der Waals surface area contributed by atoms with E-state index in [-0.39, 0.29) is 11.9 Å². The molecule has 10 nitrogen and oxygen atoms in total. The van der Waals surface area contributed by atoms with Crippen LogP contribution >= 0.6 is 0 Å². The van der Waals surface area contributed by atoms with Crippen molar-refractivity contribution < 1.29 is 9.84 Å². The van der Waals surface area contributed by atoms with E-state index < -0.39 is 5.60 Å². The third-order valence-electron chi connectivity index (χ3n) is 6.57. The van der Waals surface area contributed by atoms with Crippen LogP contribution in [0, 0.1) is 0 Å². The molecule has 34 heavy (non-hydrogen) atoms. The number of piperidine rings is 1. The highest BCUT2D eigenvalue weighted by molar-refractivity contribution is 5.95. The minimum absolute atomic E-state index is 0.153. The van der Waals surface area contributed by atoms with E-state index in [1.54, 1.807) is 30.2 Å². The van der Waals surface area contributed by atoms with Gasteiger partial charge in [0.2, 0.25) is 5.95 Å². The van der Waals surface area contributed by atoms with E-state index in [1.165, 1.54) is 0 Å². The topological polar surface area (TPSA) is 120 Å². The summed E-state index contributed by atoms with van der Waals surface area (Å²) in [5, 5.41) is 20.3. The first-order valence-electron chi connectivity index (χ1n) is 11.8. The molecule has 3 aromatic heterocycles. The lowest BCUT2D eigenvalue weighted by atomic mass is 9.90. The second-order valence-corrected chi connectivity index (χ2v) is 9.73. The van der Waals surface area contributed by atoms with Crippen molar-refractivity contribution in [3.05, 3.63) is 36.4 Å². The average molecular weight is 465 g/mol. The molecule has 4 heterocycles. The lowest BCUT2D eigenvalue weighted by Gasteiger charge is -2.39. The highest BCUT2D eigenvalue weighted by Gasteiger charge is 2.32. The van der Waals surface area contributed by atoms with Gasteiger partial charge in [-0.1, -0.05) is 13.0 Å². The van der Waals surface area contributed by atoms with Crippen LogP contribution in [0.15, 0.2) is 30.6 Å². The Morgan fingerprint density at radius 2 is 2.06 bits per heavy atom. The predicted molar refractivity (Wildman–Crippen MR) is 131 cm³/mol. The molecule has 180 valence electrons. The largest absolute Gasteiger partial charge is 0.494 e. The minimum atomic E-state index is -0.822. The zero-order chi connectivity index (χ0) is 24.0. The first-order valence-corrected chi connectivity index (χ1v) is 11.8. The van der Waals surface area contributed by atoms with Crippen LogP contribution in [0.1, 0.15) is 51.8 Å². The lowest BCUT2D eigenvalue weighted by molar-refractivity contribution is 0.0577. The Morgan fingerprint density at radius 3 is 2.79 bits per heavy atom. The van der Waals surface area contributed by atoms with Gasteiger partial charge >= 0.3 is 0 Å². The number of nitrogens with two attached hydrogens (primary N) is 1. The summed E-state index contributed by atoms with van der Waals surface area (Å²) >= 11 is 0. The molecule has 0 amide bonds. The molecule has 0 aliphatic carbocycles. The molecule has 1 aliphatic heterocycles. The Bertz CT molecular complexity index is 1320. The van der Waals surface area contributed by atoms with Gasteiger partial charge in [-0.05, 0) is 45.2 Å². The predicted octanol–water partition coefficient (Wildman–Crippen LogP) is 3.00. The third kappa shape index (κ3) is 4.02. The van der Waals surface area contributed by atoms with E-state index in [2.05, 4.69) is 21.9 Å². The van der Waals surface area contributed by atoms with Crippen LogP contribution in [0.4, 0.5) is 11.6 Å². The van der Waals surface area contributed by atoms with Crippen LogP contribution in [0.3, 0.4) is 0 Å². The van der Waals surface area contributed by atoms with Crippen LogP contribution in [-0.4, -0.2) is 59.8 Å². The number of benzene rings is 1. The number of aliphatic hydroxyl groups is 1. The number of nitrogen functional groups attached to an aromatic ring is 1. The van der Waals surface area contributed by atoms with Crippen LogP contribution in [-0.2, 0) is 6.54 Å². The molecule has 0 bridgehead atoms. The highest BCUT2D eigenvalue weighted by Crippen LogP contribution is 2.35. The molecule has 5 rings (SSSR count). The summed E-state index contributed by atoms with van der Waals surface area (Å²) in [6, 6.07) is 6.18. The monoisotopic (exact) mass is 464 g/mol. The maximum absolute atomic E-state index is 10.2.